The third-order valence-electron chi connectivity index (χ3n) is 5.55. The number of aryl methyl sites for hydroxylation is 1. The fraction of sp³-hybridized carbons (Fsp3) is 0.393. The number of allylic oxidation sites excluding steroid dienone is 1. The second-order valence-corrected chi connectivity index (χ2v) is 11.2. The van der Waals surface area contributed by atoms with Crippen LogP contribution in [0.2, 0.25) is 5.02 Å². The number of hydrogen-bond acceptors (Lipinski definition) is 7. The van der Waals surface area contributed by atoms with E-state index in [-0.39, 0.29) is 46.4 Å². The van der Waals surface area contributed by atoms with Gasteiger partial charge in [0.2, 0.25) is 11.8 Å². The van der Waals surface area contributed by atoms with E-state index in [0.717, 1.165) is 17.7 Å². The minimum atomic E-state index is -0.804. The molecule has 214 valence electrons. The summed E-state index contributed by atoms with van der Waals surface area (Å²) in [5.41, 5.74) is 7.92. The van der Waals surface area contributed by atoms with Gasteiger partial charge in [-0.3, -0.25) is 20.2 Å². The van der Waals surface area contributed by atoms with Crippen LogP contribution < -0.4 is 16.4 Å². The van der Waals surface area contributed by atoms with Crippen molar-refractivity contribution in [2.45, 2.75) is 72.4 Å². The maximum Gasteiger partial charge on any atom is 0.413 e. The third-order valence-corrected chi connectivity index (χ3v) is 5.86. The van der Waals surface area contributed by atoms with E-state index in [1.807, 2.05) is 20.8 Å². The molecule has 0 unspecified atom stereocenters. The van der Waals surface area contributed by atoms with Gasteiger partial charge in [0.15, 0.2) is 0 Å². The normalized spacial score (nSPS) is 11.4. The molecule has 3 amide bonds. The predicted molar refractivity (Wildman–Crippen MR) is 153 cm³/mol. The minimum absolute atomic E-state index is 0.0103. The van der Waals surface area contributed by atoms with E-state index in [1.54, 1.807) is 45.0 Å². The minimum Gasteiger partial charge on any atom is -0.444 e. The Morgan fingerprint density at radius 3 is 2.48 bits per heavy atom. The number of benzene rings is 1. The second kappa shape index (κ2) is 12.4. The van der Waals surface area contributed by atoms with Crippen LogP contribution in [0.5, 0.6) is 0 Å². The molecular weight excluding hydrogens is 536 g/mol. The molecule has 3 aromatic rings. The van der Waals surface area contributed by atoms with Gasteiger partial charge in [-0.05, 0) is 66.0 Å². The van der Waals surface area contributed by atoms with E-state index in [2.05, 4.69) is 27.5 Å². The van der Waals surface area contributed by atoms with Crippen molar-refractivity contribution in [3.8, 4) is 11.3 Å². The van der Waals surface area contributed by atoms with Gasteiger partial charge in [0.25, 0.3) is 5.91 Å². The molecule has 11 nitrogen and oxygen atoms in total. The summed E-state index contributed by atoms with van der Waals surface area (Å²) in [6, 6.07) is 6.38. The van der Waals surface area contributed by atoms with E-state index in [9.17, 15) is 14.4 Å². The first-order valence-electron chi connectivity index (χ1n) is 12.8. The highest BCUT2D eigenvalue weighted by atomic mass is 35.5. The Labute approximate surface area is 238 Å². The molecule has 12 heteroatoms. The molecule has 0 aliphatic heterocycles. The maximum absolute atomic E-state index is 12.6. The van der Waals surface area contributed by atoms with Crippen LogP contribution in [0.1, 0.15) is 75.6 Å². The molecule has 0 aliphatic rings. The highest BCUT2D eigenvalue weighted by molar-refractivity contribution is 6.33. The number of carbonyl (C=O) groups excluding carboxylic acids is 3. The number of rotatable bonds is 10. The van der Waals surface area contributed by atoms with Crippen molar-refractivity contribution in [2.24, 2.45) is 5.73 Å². The van der Waals surface area contributed by atoms with Crippen LogP contribution >= 0.6 is 11.6 Å². The maximum atomic E-state index is 12.6. The van der Waals surface area contributed by atoms with E-state index < -0.39 is 17.6 Å². The number of nitrogens with two attached hydrogens (primary N) is 1. The lowest BCUT2D eigenvalue weighted by Gasteiger charge is -2.20. The Bertz CT molecular complexity index is 1430. The lowest BCUT2D eigenvalue weighted by molar-refractivity contribution is -0.115. The van der Waals surface area contributed by atoms with E-state index >= 15 is 0 Å². The van der Waals surface area contributed by atoms with Gasteiger partial charge in [-0.2, -0.15) is 5.10 Å². The van der Waals surface area contributed by atoms with Gasteiger partial charge < -0.3 is 15.0 Å². The fourth-order valence-corrected chi connectivity index (χ4v) is 4.10. The van der Waals surface area contributed by atoms with Crippen LogP contribution in [0, 0.1) is 0 Å². The Hall–Kier alpha value is -4.12. The Balaban J connectivity index is 1.84. The molecule has 0 aliphatic carbocycles. The first kappa shape index (κ1) is 30.4. The Morgan fingerprint density at radius 2 is 1.90 bits per heavy atom. The average molecular weight is 571 g/mol. The monoisotopic (exact) mass is 570 g/mol. The molecule has 0 radical (unpaired) electrons. The molecule has 0 bridgehead atoms. The molecule has 2 aromatic heterocycles. The summed E-state index contributed by atoms with van der Waals surface area (Å²) in [6.07, 6.45) is 0.693. The number of amides is 3. The summed E-state index contributed by atoms with van der Waals surface area (Å²) in [6.45, 7) is 14.6. The number of aromatic nitrogens is 3. The zero-order chi connectivity index (χ0) is 29.8. The van der Waals surface area contributed by atoms with Crippen LogP contribution in [0.4, 0.5) is 16.5 Å². The van der Waals surface area contributed by atoms with Crippen LogP contribution in [-0.4, -0.2) is 38.4 Å². The van der Waals surface area contributed by atoms with Crippen molar-refractivity contribution >= 4 is 41.2 Å². The SMILES string of the molecule is C=C(C)CCc1cc(NC(=O)Cc2ccc(-c3nn(C(C)C)c(NC(=O)OC(C)(C)C)c3C(N)=O)c(Cl)c2)on1. The largest absolute Gasteiger partial charge is 0.444 e. The molecule has 0 saturated heterocycles. The number of halogens is 1. The molecule has 1 aromatic carbocycles. The molecule has 2 heterocycles. The van der Waals surface area contributed by atoms with Crippen LogP contribution in [0.3, 0.4) is 0 Å². The highest BCUT2D eigenvalue weighted by Crippen LogP contribution is 2.35. The molecule has 4 N–H and O–H groups in total. The fourth-order valence-electron chi connectivity index (χ4n) is 3.81. The molecule has 0 atom stereocenters. The van der Waals surface area contributed by atoms with Crippen molar-refractivity contribution in [3.05, 3.63) is 58.3 Å². The average Bonchev–Trinajstić information content (AvgIpc) is 3.41. The highest BCUT2D eigenvalue weighted by Gasteiger charge is 2.28. The Kier molecular flexibility index (Phi) is 9.41. The number of nitrogens with one attached hydrogen (secondary N) is 2. The van der Waals surface area contributed by atoms with Crippen LogP contribution in [0.25, 0.3) is 11.3 Å². The molecule has 0 spiro atoms. The van der Waals surface area contributed by atoms with Crippen molar-refractivity contribution in [2.75, 3.05) is 10.6 Å². The van der Waals surface area contributed by atoms with Crippen LogP contribution in [-0.2, 0) is 22.4 Å². The summed E-state index contributed by atoms with van der Waals surface area (Å²) in [5, 5.41) is 14.0. The molecular formula is C28H35ClN6O5. The van der Waals surface area contributed by atoms with Gasteiger partial charge in [-0.1, -0.05) is 34.5 Å². The summed E-state index contributed by atoms with van der Waals surface area (Å²) in [4.78, 5) is 37.7. The molecule has 3 rings (SSSR count). The summed E-state index contributed by atoms with van der Waals surface area (Å²) < 4.78 is 12.0. The summed E-state index contributed by atoms with van der Waals surface area (Å²) in [7, 11) is 0. The van der Waals surface area contributed by atoms with E-state index in [1.165, 1.54) is 4.68 Å². The number of carbonyl (C=O) groups is 3. The first-order chi connectivity index (χ1) is 18.6. The van der Waals surface area contributed by atoms with Crippen molar-refractivity contribution in [3.63, 3.8) is 0 Å². The van der Waals surface area contributed by atoms with Crippen LogP contribution in [0.15, 0.2) is 40.9 Å². The summed E-state index contributed by atoms with van der Waals surface area (Å²) in [5.74, 6) is -0.778. The number of nitrogens with zero attached hydrogens (tertiary/aromatic N) is 3. The number of ether oxygens (including phenoxy) is 1. The van der Waals surface area contributed by atoms with E-state index in [0.29, 0.717) is 17.5 Å². The smallest absolute Gasteiger partial charge is 0.413 e. The molecule has 40 heavy (non-hydrogen) atoms. The zero-order valence-electron chi connectivity index (χ0n) is 23.6. The van der Waals surface area contributed by atoms with Gasteiger partial charge in [0, 0.05) is 17.7 Å². The van der Waals surface area contributed by atoms with Gasteiger partial charge in [0.05, 0.1) is 17.1 Å². The lowest BCUT2D eigenvalue weighted by atomic mass is 10.0. The van der Waals surface area contributed by atoms with Crippen molar-refractivity contribution in [1.82, 2.24) is 14.9 Å². The lowest BCUT2D eigenvalue weighted by Crippen LogP contribution is -2.29. The molecule has 0 fully saturated rings. The third kappa shape index (κ3) is 7.95. The number of primary amides is 1. The number of hydrogen-bond donors (Lipinski definition) is 3. The topological polar surface area (TPSA) is 154 Å². The van der Waals surface area contributed by atoms with Gasteiger partial charge in [0.1, 0.15) is 22.7 Å². The first-order valence-corrected chi connectivity index (χ1v) is 13.1. The standard InChI is InChI=1S/C28H35ClN6O5/c1-15(2)8-10-18-14-22(40-34-18)31-21(36)13-17-9-11-19(20(29)12-17)24-23(25(30)37)26(35(33-24)16(3)4)32-27(38)39-28(5,6)7/h9,11-12,14,16H,1,8,10,13H2,2-7H3,(H2,30,37)(H,31,36)(H,32,38). The second-order valence-electron chi connectivity index (χ2n) is 10.8. The predicted octanol–water partition coefficient (Wildman–Crippen LogP) is 5.91. The Morgan fingerprint density at radius 1 is 1.20 bits per heavy atom. The molecule has 0 saturated carbocycles. The quantitative estimate of drug-likeness (QED) is 0.256. The van der Waals surface area contributed by atoms with Gasteiger partial charge in [-0.15, -0.1) is 6.58 Å². The van der Waals surface area contributed by atoms with Crippen molar-refractivity contribution in [1.29, 1.82) is 0 Å². The van der Waals surface area contributed by atoms with Gasteiger partial charge >= 0.3 is 6.09 Å². The van der Waals surface area contributed by atoms with Crippen molar-refractivity contribution < 1.29 is 23.6 Å². The van der Waals surface area contributed by atoms with E-state index in [4.69, 9.17) is 26.6 Å². The zero-order valence-corrected chi connectivity index (χ0v) is 24.3. The summed E-state index contributed by atoms with van der Waals surface area (Å²) >= 11 is 6.60. The van der Waals surface area contributed by atoms with Gasteiger partial charge in [-0.25, -0.2) is 9.48 Å². The number of anilines is 2.